The van der Waals surface area contributed by atoms with Crippen LogP contribution >= 0.6 is 11.6 Å². The molecule has 22 heavy (non-hydrogen) atoms. The van der Waals surface area contributed by atoms with Gasteiger partial charge in [0.15, 0.2) is 0 Å². The van der Waals surface area contributed by atoms with Gasteiger partial charge in [0.05, 0.1) is 11.0 Å². The molecule has 5 nitrogen and oxygen atoms in total. The van der Waals surface area contributed by atoms with E-state index in [1.54, 1.807) is 37.4 Å². The molecule has 112 valence electrons. The van der Waals surface area contributed by atoms with E-state index in [0.717, 1.165) is 11.1 Å². The Labute approximate surface area is 131 Å². The summed E-state index contributed by atoms with van der Waals surface area (Å²) in [7, 11) is 1.68. The number of rotatable bonds is 3. The summed E-state index contributed by atoms with van der Waals surface area (Å²) < 4.78 is 1.50. The molecule has 6 heteroatoms. The van der Waals surface area contributed by atoms with Crippen molar-refractivity contribution >= 4 is 28.5 Å². The van der Waals surface area contributed by atoms with Gasteiger partial charge < -0.3 is 10.3 Å². The van der Waals surface area contributed by atoms with Crippen molar-refractivity contribution in [1.82, 2.24) is 14.9 Å². The van der Waals surface area contributed by atoms with Crippen molar-refractivity contribution in [3.8, 4) is 0 Å². The number of fused-ring (bicyclic) bond motifs is 1. The van der Waals surface area contributed by atoms with Gasteiger partial charge in [-0.05, 0) is 35.9 Å². The van der Waals surface area contributed by atoms with E-state index in [9.17, 15) is 9.59 Å². The molecule has 1 aromatic heterocycles. The molecule has 0 aliphatic rings. The first-order chi connectivity index (χ1) is 10.5. The Hall–Kier alpha value is -2.53. The second-order valence-corrected chi connectivity index (χ2v) is 5.47. The second kappa shape index (κ2) is 5.69. The van der Waals surface area contributed by atoms with Crippen molar-refractivity contribution in [2.45, 2.75) is 6.54 Å². The summed E-state index contributed by atoms with van der Waals surface area (Å²) in [6.07, 6.45) is 0. The van der Waals surface area contributed by atoms with Gasteiger partial charge in [-0.15, -0.1) is 0 Å². The summed E-state index contributed by atoms with van der Waals surface area (Å²) in [5.74, 6) is -0.193. The van der Waals surface area contributed by atoms with Gasteiger partial charge in [-0.3, -0.25) is 9.36 Å². The van der Waals surface area contributed by atoms with Gasteiger partial charge in [-0.1, -0.05) is 23.7 Å². The number of imidazole rings is 1. The minimum absolute atomic E-state index is 0.193. The molecule has 0 saturated carbocycles. The first-order valence-corrected chi connectivity index (χ1v) is 7.14. The summed E-state index contributed by atoms with van der Waals surface area (Å²) >= 11 is 5.82. The molecule has 0 atom stereocenters. The van der Waals surface area contributed by atoms with E-state index in [0.29, 0.717) is 22.6 Å². The number of amides is 1. The number of hydrogen-bond donors (Lipinski definition) is 2. The predicted octanol–water partition coefficient (Wildman–Crippen LogP) is 2.45. The maximum Gasteiger partial charge on any atom is 0.326 e. The molecule has 2 N–H and O–H groups in total. The second-order valence-electron chi connectivity index (χ2n) is 5.03. The highest BCUT2D eigenvalue weighted by Crippen LogP contribution is 2.13. The molecular formula is C16H14ClN3O2. The molecule has 0 aliphatic carbocycles. The Morgan fingerprint density at radius 2 is 1.95 bits per heavy atom. The lowest BCUT2D eigenvalue weighted by molar-refractivity contribution is 0.0951. The van der Waals surface area contributed by atoms with Crippen LogP contribution in [0.1, 0.15) is 15.9 Å². The van der Waals surface area contributed by atoms with Crippen molar-refractivity contribution in [2.75, 3.05) is 0 Å². The predicted molar refractivity (Wildman–Crippen MR) is 86.2 cm³/mol. The molecule has 3 rings (SSSR count). The zero-order valence-corrected chi connectivity index (χ0v) is 12.6. The topological polar surface area (TPSA) is 66.9 Å². The summed E-state index contributed by atoms with van der Waals surface area (Å²) in [5.41, 5.74) is 2.68. The number of aryl methyl sites for hydroxylation is 1. The summed E-state index contributed by atoms with van der Waals surface area (Å²) in [5, 5.41) is 3.50. The van der Waals surface area contributed by atoms with E-state index >= 15 is 0 Å². The van der Waals surface area contributed by atoms with Crippen LogP contribution < -0.4 is 11.0 Å². The third-order valence-corrected chi connectivity index (χ3v) is 3.78. The molecule has 0 spiro atoms. The fourth-order valence-electron chi connectivity index (χ4n) is 2.27. The van der Waals surface area contributed by atoms with E-state index in [1.807, 2.05) is 12.1 Å². The number of benzene rings is 2. The number of nitrogens with zero attached hydrogens (tertiary/aromatic N) is 1. The number of hydrogen-bond acceptors (Lipinski definition) is 2. The molecule has 0 fully saturated rings. The lowest BCUT2D eigenvalue weighted by Gasteiger charge is -2.06. The highest BCUT2D eigenvalue weighted by molar-refractivity contribution is 6.30. The average molecular weight is 316 g/mol. The lowest BCUT2D eigenvalue weighted by atomic mass is 10.1. The zero-order valence-electron chi connectivity index (χ0n) is 11.9. The van der Waals surface area contributed by atoms with E-state index < -0.39 is 0 Å². The van der Waals surface area contributed by atoms with Gasteiger partial charge >= 0.3 is 5.69 Å². The number of nitrogens with one attached hydrogen (secondary N) is 2. The molecule has 0 radical (unpaired) electrons. The number of halogens is 1. The molecule has 0 aliphatic heterocycles. The van der Waals surface area contributed by atoms with Crippen LogP contribution in [-0.2, 0) is 13.6 Å². The molecule has 0 saturated heterocycles. The number of aromatic nitrogens is 2. The van der Waals surface area contributed by atoms with E-state index in [2.05, 4.69) is 10.3 Å². The highest BCUT2D eigenvalue weighted by Gasteiger charge is 2.09. The SMILES string of the molecule is Cn1c(=O)[nH]c2cc(C(=O)NCc3ccc(Cl)cc3)ccc21. The van der Waals surface area contributed by atoms with Crippen molar-refractivity contribution in [3.05, 3.63) is 69.1 Å². The molecule has 0 bridgehead atoms. The number of carbonyl (C=O) groups excluding carboxylic acids is 1. The Balaban J connectivity index is 1.77. The molecule has 0 unspecified atom stereocenters. The standard InChI is InChI=1S/C16H14ClN3O2/c1-20-14-7-4-11(8-13(14)19-16(20)22)15(21)18-9-10-2-5-12(17)6-3-10/h2-8H,9H2,1H3,(H,18,21)(H,19,22). The maximum absolute atomic E-state index is 12.2. The summed E-state index contributed by atoms with van der Waals surface area (Å²) in [6.45, 7) is 0.416. The third-order valence-electron chi connectivity index (χ3n) is 3.53. The minimum atomic E-state index is -0.200. The van der Waals surface area contributed by atoms with Crippen LogP contribution in [0.25, 0.3) is 11.0 Å². The molecule has 3 aromatic rings. The van der Waals surface area contributed by atoms with E-state index in [1.165, 1.54) is 4.57 Å². The van der Waals surface area contributed by atoms with Gasteiger partial charge in [0.25, 0.3) is 5.91 Å². The van der Waals surface area contributed by atoms with Crippen LogP contribution in [0.4, 0.5) is 0 Å². The molecular weight excluding hydrogens is 302 g/mol. The van der Waals surface area contributed by atoms with Crippen LogP contribution in [-0.4, -0.2) is 15.5 Å². The van der Waals surface area contributed by atoms with Crippen LogP contribution in [0, 0.1) is 0 Å². The Bertz CT molecular complexity index is 894. The first kappa shape index (κ1) is 14.4. The van der Waals surface area contributed by atoms with E-state index in [4.69, 9.17) is 11.6 Å². The van der Waals surface area contributed by atoms with Gasteiger partial charge in [0.1, 0.15) is 0 Å². The molecule has 2 aromatic carbocycles. The monoisotopic (exact) mass is 315 g/mol. The summed E-state index contributed by atoms with van der Waals surface area (Å²) in [6, 6.07) is 12.4. The number of aromatic amines is 1. The van der Waals surface area contributed by atoms with Crippen molar-refractivity contribution < 1.29 is 4.79 Å². The number of carbonyl (C=O) groups is 1. The maximum atomic E-state index is 12.2. The van der Waals surface area contributed by atoms with Gasteiger partial charge in [0, 0.05) is 24.2 Å². The Morgan fingerprint density at radius 1 is 1.23 bits per heavy atom. The summed E-state index contributed by atoms with van der Waals surface area (Å²) in [4.78, 5) is 26.5. The fourth-order valence-corrected chi connectivity index (χ4v) is 2.39. The highest BCUT2D eigenvalue weighted by atomic mass is 35.5. The molecule has 1 heterocycles. The third kappa shape index (κ3) is 2.76. The van der Waals surface area contributed by atoms with Crippen LogP contribution in [0.15, 0.2) is 47.3 Å². The van der Waals surface area contributed by atoms with Gasteiger partial charge in [0.2, 0.25) is 0 Å². The minimum Gasteiger partial charge on any atom is -0.348 e. The zero-order chi connectivity index (χ0) is 15.7. The first-order valence-electron chi connectivity index (χ1n) is 6.76. The lowest BCUT2D eigenvalue weighted by Crippen LogP contribution is -2.22. The molecule has 1 amide bonds. The number of H-pyrrole nitrogens is 1. The van der Waals surface area contributed by atoms with Gasteiger partial charge in [-0.25, -0.2) is 4.79 Å². The van der Waals surface area contributed by atoms with Crippen LogP contribution in [0.5, 0.6) is 0 Å². The normalized spacial score (nSPS) is 10.8. The van der Waals surface area contributed by atoms with E-state index in [-0.39, 0.29) is 11.6 Å². The Kier molecular flexibility index (Phi) is 3.73. The van der Waals surface area contributed by atoms with Crippen molar-refractivity contribution in [2.24, 2.45) is 7.05 Å². The quantitative estimate of drug-likeness (QED) is 0.779. The average Bonchev–Trinajstić information content (AvgIpc) is 2.80. The largest absolute Gasteiger partial charge is 0.348 e. The van der Waals surface area contributed by atoms with Gasteiger partial charge in [-0.2, -0.15) is 0 Å². The Morgan fingerprint density at radius 3 is 2.68 bits per heavy atom. The smallest absolute Gasteiger partial charge is 0.326 e. The fraction of sp³-hybridized carbons (Fsp3) is 0.125. The van der Waals surface area contributed by atoms with Crippen molar-refractivity contribution in [3.63, 3.8) is 0 Å². The van der Waals surface area contributed by atoms with Crippen molar-refractivity contribution in [1.29, 1.82) is 0 Å². The van der Waals surface area contributed by atoms with Crippen LogP contribution in [0.3, 0.4) is 0 Å². The van der Waals surface area contributed by atoms with Crippen LogP contribution in [0.2, 0.25) is 5.02 Å².